The van der Waals surface area contributed by atoms with E-state index in [4.69, 9.17) is 4.52 Å². The van der Waals surface area contributed by atoms with Crippen LogP contribution in [0.25, 0.3) is 0 Å². The van der Waals surface area contributed by atoms with Gasteiger partial charge in [-0.05, 0) is 47.6 Å². The number of pyridine rings is 1. The Labute approximate surface area is 158 Å². The normalized spacial score (nSPS) is 11.1. The lowest BCUT2D eigenvalue weighted by Crippen LogP contribution is -2.42. The summed E-state index contributed by atoms with van der Waals surface area (Å²) in [6.07, 6.45) is 1.48. The Morgan fingerprint density at radius 3 is 2.26 bits per heavy atom. The van der Waals surface area contributed by atoms with Gasteiger partial charge in [-0.15, -0.1) is 0 Å². The van der Waals surface area contributed by atoms with E-state index in [1.165, 1.54) is 16.8 Å². The van der Waals surface area contributed by atoms with Gasteiger partial charge >= 0.3 is 0 Å². The van der Waals surface area contributed by atoms with Gasteiger partial charge in [-0.2, -0.15) is 0 Å². The highest BCUT2D eigenvalue weighted by Crippen LogP contribution is 2.17. The van der Waals surface area contributed by atoms with Crippen LogP contribution < -0.4 is 10.9 Å². The fourth-order valence-electron chi connectivity index (χ4n) is 3.12. The lowest BCUT2D eigenvalue weighted by atomic mass is 10.1. The molecule has 2 heterocycles. The molecule has 0 saturated heterocycles. The maximum absolute atomic E-state index is 12.9. The van der Waals surface area contributed by atoms with Gasteiger partial charge in [-0.3, -0.25) is 14.4 Å². The van der Waals surface area contributed by atoms with Crippen LogP contribution in [-0.2, 0) is 7.05 Å². The monoisotopic (exact) mass is 374 g/mol. The molecule has 0 aliphatic heterocycles. The molecule has 8 nitrogen and oxygen atoms in total. The highest BCUT2D eigenvalue weighted by Gasteiger charge is 2.24. The number of aryl methyl sites for hydroxylation is 3. The molecular formula is C19H26N4O4. The zero-order chi connectivity index (χ0) is 20.5. The van der Waals surface area contributed by atoms with Crippen LogP contribution in [0.5, 0.6) is 0 Å². The quantitative estimate of drug-likeness (QED) is 0.867. The highest BCUT2D eigenvalue weighted by atomic mass is 16.5. The molecule has 0 aromatic carbocycles. The summed E-state index contributed by atoms with van der Waals surface area (Å²) >= 11 is 0. The maximum Gasteiger partial charge on any atom is 0.274 e. The number of hydrogen-bond donors (Lipinski definition) is 1. The van der Waals surface area contributed by atoms with E-state index in [-0.39, 0.29) is 29.2 Å². The second-order valence-corrected chi connectivity index (χ2v) is 7.11. The van der Waals surface area contributed by atoms with Crippen molar-refractivity contribution in [1.82, 2.24) is 14.6 Å². The van der Waals surface area contributed by atoms with Crippen LogP contribution in [-0.4, -0.2) is 38.5 Å². The largest absolute Gasteiger partial charge is 0.361 e. The van der Waals surface area contributed by atoms with Gasteiger partial charge in [0.2, 0.25) is 0 Å². The summed E-state index contributed by atoms with van der Waals surface area (Å²) < 4.78 is 6.29. The van der Waals surface area contributed by atoms with Gasteiger partial charge in [0.1, 0.15) is 17.0 Å². The second kappa shape index (κ2) is 7.77. The lowest BCUT2D eigenvalue weighted by Gasteiger charge is -2.31. The zero-order valence-electron chi connectivity index (χ0n) is 16.8. The van der Waals surface area contributed by atoms with Crippen LogP contribution in [0.1, 0.15) is 59.9 Å². The third kappa shape index (κ3) is 4.10. The number of rotatable bonds is 5. The summed E-state index contributed by atoms with van der Waals surface area (Å²) in [5.41, 5.74) is 0.654. The molecule has 2 amide bonds. The molecule has 0 atom stereocenters. The first-order valence-corrected chi connectivity index (χ1v) is 8.82. The molecule has 27 heavy (non-hydrogen) atoms. The van der Waals surface area contributed by atoms with Crippen LogP contribution in [0.3, 0.4) is 0 Å². The van der Waals surface area contributed by atoms with E-state index in [0.29, 0.717) is 17.0 Å². The minimum absolute atomic E-state index is 0.00456. The molecule has 2 aromatic heterocycles. The Morgan fingerprint density at radius 1 is 1.19 bits per heavy atom. The predicted octanol–water partition coefficient (Wildman–Crippen LogP) is 2.50. The van der Waals surface area contributed by atoms with Gasteiger partial charge in [-0.25, -0.2) is 0 Å². The smallest absolute Gasteiger partial charge is 0.274 e. The Kier molecular flexibility index (Phi) is 5.88. The number of anilines is 1. The maximum atomic E-state index is 12.9. The van der Waals surface area contributed by atoms with Crippen molar-refractivity contribution in [2.45, 2.75) is 53.6 Å². The summed E-state index contributed by atoms with van der Waals surface area (Å²) in [5.74, 6) is -0.346. The first-order valence-electron chi connectivity index (χ1n) is 8.82. The van der Waals surface area contributed by atoms with E-state index in [1.807, 2.05) is 27.7 Å². The molecule has 1 N–H and O–H groups in total. The number of hydrogen-bond acceptors (Lipinski definition) is 5. The molecule has 0 unspecified atom stereocenters. The molecule has 0 bridgehead atoms. The second-order valence-electron chi connectivity index (χ2n) is 7.11. The Hall–Kier alpha value is -2.90. The molecule has 0 aliphatic carbocycles. The summed E-state index contributed by atoms with van der Waals surface area (Å²) in [7, 11) is 1.54. The lowest BCUT2D eigenvalue weighted by molar-refractivity contribution is 0.0642. The Balaban J connectivity index is 2.43. The number of nitrogens with one attached hydrogen (secondary N) is 1. The van der Waals surface area contributed by atoms with Crippen molar-refractivity contribution in [2.24, 2.45) is 7.05 Å². The van der Waals surface area contributed by atoms with Crippen LogP contribution >= 0.6 is 0 Å². The molecule has 2 aromatic rings. The van der Waals surface area contributed by atoms with E-state index in [2.05, 4.69) is 10.5 Å². The molecule has 146 valence electrons. The van der Waals surface area contributed by atoms with E-state index in [0.717, 1.165) is 0 Å². The van der Waals surface area contributed by atoms with Gasteiger partial charge in [-0.1, -0.05) is 5.16 Å². The van der Waals surface area contributed by atoms with Gasteiger partial charge in [0, 0.05) is 25.3 Å². The number of amides is 2. The van der Waals surface area contributed by atoms with Gasteiger partial charge in [0.05, 0.1) is 11.3 Å². The summed E-state index contributed by atoms with van der Waals surface area (Å²) in [5, 5.41) is 6.33. The topological polar surface area (TPSA) is 97.4 Å². The number of aromatic nitrogens is 2. The molecule has 0 fully saturated rings. The summed E-state index contributed by atoms with van der Waals surface area (Å²) in [4.78, 5) is 39.7. The minimum Gasteiger partial charge on any atom is -0.361 e. The van der Waals surface area contributed by atoms with Gasteiger partial charge in [0.25, 0.3) is 17.4 Å². The molecule has 0 radical (unpaired) electrons. The van der Waals surface area contributed by atoms with Crippen molar-refractivity contribution in [3.8, 4) is 0 Å². The van der Waals surface area contributed by atoms with E-state index in [1.54, 1.807) is 25.8 Å². The third-order valence-corrected chi connectivity index (χ3v) is 4.29. The molecule has 8 heteroatoms. The van der Waals surface area contributed by atoms with Crippen molar-refractivity contribution in [3.63, 3.8) is 0 Å². The molecule has 0 aliphatic rings. The average Bonchev–Trinajstić information content (AvgIpc) is 2.89. The van der Waals surface area contributed by atoms with Crippen molar-refractivity contribution < 1.29 is 14.1 Å². The number of carbonyl (C=O) groups is 2. The van der Waals surface area contributed by atoms with Crippen molar-refractivity contribution >= 4 is 17.5 Å². The Bertz CT molecular complexity index is 897. The van der Waals surface area contributed by atoms with E-state index >= 15 is 0 Å². The average molecular weight is 374 g/mol. The standard InChI is InChI=1S/C19H26N4O4/c1-10(2)23(11(3)4)18(25)14-8-15(19(26)22(7)9-14)20-17(24)16-12(5)21-27-13(16)6/h8-11H,1-7H3,(H,20,24). The van der Waals surface area contributed by atoms with Crippen molar-refractivity contribution in [1.29, 1.82) is 0 Å². The summed E-state index contributed by atoms with van der Waals surface area (Å²) in [6, 6.07) is 1.41. The molecular weight excluding hydrogens is 348 g/mol. The van der Waals surface area contributed by atoms with Gasteiger partial charge < -0.3 is 19.3 Å². The molecule has 2 rings (SSSR count). The predicted molar refractivity (Wildman–Crippen MR) is 102 cm³/mol. The van der Waals surface area contributed by atoms with Gasteiger partial charge in [0.15, 0.2) is 0 Å². The van der Waals surface area contributed by atoms with Crippen LogP contribution in [0, 0.1) is 13.8 Å². The van der Waals surface area contributed by atoms with Crippen LogP contribution in [0.2, 0.25) is 0 Å². The van der Waals surface area contributed by atoms with Crippen molar-refractivity contribution in [2.75, 3.05) is 5.32 Å². The minimum atomic E-state index is -0.502. The number of carbonyl (C=O) groups excluding carboxylic acids is 2. The summed E-state index contributed by atoms with van der Waals surface area (Å²) in [6.45, 7) is 11.0. The van der Waals surface area contributed by atoms with E-state index in [9.17, 15) is 14.4 Å². The Morgan fingerprint density at radius 2 is 1.78 bits per heavy atom. The molecule has 0 saturated carbocycles. The SMILES string of the molecule is Cc1noc(C)c1C(=O)Nc1cc(C(=O)N(C(C)C)C(C)C)cn(C)c1=O. The molecule has 0 spiro atoms. The van der Waals surface area contributed by atoms with E-state index < -0.39 is 11.5 Å². The zero-order valence-corrected chi connectivity index (χ0v) is 16.8. The van der Waals surface area contributed by atoms with Crippen LogP contribution in [0.15, 0.2) is 21.6 Å². The highest BCUT2D eigenvalue weighted by molar-refractivity contribution is 6.06. The fourth-order valence-corrected chi connectivity index (χ4v) is 3.12. The number of nitrogens with zero attached hydrogens (tertiary/aromatic N) is 3. The first kappa shape index (κ1) is 20.4. The van der Waals surface area contributed by atoms with Crippen LogP contribution in [0.4, 0.5) is 5.69 Å². The van der Waals surface area contributed by atoms with Crippen molar-refractivity contribution in [3.05, 3.63) is 45.2 Å². The third-order valence-electron chi connectivity index (χ3n) is 4.29. The first-order chi connectivity index (χ1) is 12.5. The fraction of sp³-hybridized carbons (Fsp3) is 0.474.